The summed E-state index contributed by atoms with van der Waals surface area (Å²) < 4.78 is 23.4. The molecule has 2 saturated heterocycles. The zero-order chi connectivity index (χ0) is 19.4. The molecule has 5 atom stereocenters. The van der Waals surface area contributed by atoms with Gasteiger partial charge < -0.3 is 18.9 Å². The molecule has 26 heavy (non-hydrogen) atoms. The largest absolute Gasteiger partial charge is 0.462 e. The Bertz CT molecular complexity index is 505. The van der Waals surface area contributed by atoms with E-state index in [-0.39, 0.29) is 23.8 Å². The first-order valence-corrected chi connectivity index (χ1v) is 9.88. The normalized spacial score (nSPS) is 32.9. The Balaban J connectivity index is 1.83. The molecule has 2 fully saturated rings. The maximum Gasteiger partial charge on any atom is 0.302 e. The molecule has 0 aromatic rings. The minimum Gasteiger partial charge on any atom is -0.462 e. The smallest absolute Gasteiger partial charge is 0.302 e. The van der Waals surface area contributed by atoms with Crippen molar-refractivity contribution in [2.45, 2.75) is 96.2 Å². The summed E-state index contributed by atoms with van der Waals surface area (Å²) in [5, 5.41) is 0. The monoisotopic (exact) mass is 368 g/mol. The fraction of sp³-hybridized carbons (Fsp3) is 0.857. The van der Waals surface area contributed by atoms with Gasteiger partial charge in [-0.25, -0.2) is 0 Å². The van der Waals surface area contributed by atoms with E-state index in [0.717, 1.165) is 50.5 Å². The van der Waals surface area contributed by atoms with Crippen LogP contribution in [0.1, 0.15) is 72.6 Å². The van der Waals surface area contributed by atoms with Crippen LogP contribution in [0.2, 0.25) is 0 Å². The summed E-state index contributed by atoms with van der Waals surface area (Å²) >= 11 is 0. The Hall–Kier alpha value is -0.910. The topological polar surface area (TPSA) is 54.0 Å². The minimum atomic E-state index is -0.527. The lowest BCUT2D eigenvalue weighted by Gasteiger charge is -2.43. The first-order chi connectivity index (χ1) is 12.2. The Morgan fingerprint density at radius 2 is 2.08 bits per heavy atom. The first kappa shape index (κ1) is 21.4. The van der Waals surface area contributed by atoms with Crippen LogP contribution < -0.4 is 0 Å². The molecule has 150 valence electrons. The molecule has 2 aliphatic heterocycles. The van der Waals surface area contributed by atoms with Gasteiger partial charge in [0.1, 0.15) is 12.7 Å². The zero-order valence-electron chi connectivity index (χ0n) is 17.1. The number of methoxy groups -OCH3 is 1. The van der Waals surface area contributed by atoms with Crippen molar-refractivity contribution in [2.75, 3.05) is 13.7 Å². The molecule has 5 nitrogen and oxygen atoms in total. The van der Waals surface area contributed by atoms with Crippen LogP contribution in [0.5, 0.6) is 0 Å². The summed E-state index contributed by atoms with van der Waals surface area (Å²) in [5.41, 5.74) is 0.866. The molecule has 0 aliphatic carbocycles. The number of fused-ring (bicyclic) bond motifs is 2. The van der Waals surface area contributed by atoms with Gasteiger partial charge in [0.15, 0.2) is 5.79 Å². The van der Waals surface area contributed by atoms with Gasteiger partial charge in [0.2, 0.25) is 0 Å². The second kappa shape index (κ2) is 8.85. The van der Waals surface area contributed by atoms with Crippen molar-refractivity contribution in [2.24, 2.45) is 5.92 Å². The van der Waals surface area contributed by atoms with Crippen LogP contribution in [-0.2, 0) is 23.7 Å². The quantitative estimate of drug-likeness (QED) is 0.423. The molecule has 0 N–H and O–H groups in total. The Morgan fingerprint density at radius 1 is 1.35 bits per heavy atom. The molecule has 2 bridgehead atoms. The SMILES string of the molecule is C=C(C)CCC(OC(C)=O)C(C)CCCC1(C)OCC2(OC)CCC1O2. The maximum atomic E-state index is 11.4. The van der Waals surface area contributed by atoms with Crippen molar-refractivity contribution in [1.82, 2.24) is 0 Å². The van der Waals surface area contributed by atoms with Crippen molar-refractivity contribution in [1.29, 1.82) is 0 Å². The molecule has 2 heterocycles. The van der Waals surface area contributed by atoms with Gasteiger partial charge in [-0.3, -0.25) is 4.79 Å². The molecule has 5 unspecified atom stereocenters. The number of ether oxygens (including phenoxy) is 4. The van der Waals surface area contributed by atoms with E-state index in [1.807, 2.05) is 6.92 Å². The van der Waals surface area contributed by atoms with Crippen molar-refractivity contribution in [3.05, 3.63) is 12.2 Å². The standard InChI is InChI=1S/C21H36O5/c1-15(2)9-10-18(25-17(4)22)16(3)8-7-12-20(5)19-11-13-21(23-6,26-19)14-24-20/h16,18-19H,1,7-14H2,2-6H3. The summed E-state index contributed by atoms with van der Waals surface area (Å²) in [6.45, 7) is 12.3. The van der Waals surface area contributed by atoms with E-state index in [2.05, 4.69) is 20.4 Å². The fourth-order valence-electron chi connectivity index (χ4n) is 4.10. The fourth-order valence-corrected chi connectivity index (χ4v) is 4.10. The summed E-state index contributed by atoms with van der Waals surface area (Å²) in [5.74, 6) is -0.421. The van der Waals surface area contributed by atoms with E-state index < -0.39 is 5.79 Å². The van der Waals surface area contributed by atoms with Crippen LogP contribution in [0.15, 0.2) is 12.2 Å². The van der Waals surface area contributed by atoms with Crippen molar-refractivity contribution >= 4 is 5.97 Å². The number of allylic oxidation sites excluding steroid dienone is 1. The average molecular weight is 369 g/mol. The van der Waals surface area contributed by atoms with Crippen molar-refractivity contribution in [3.8, 4) is 0 Å². The van der Waals surface area contributed by atoms with Crippen LogP contribution in [-0.4, -0.2) is 43.3 Å². The summed E-state index contributed by atoms with van der Waals surface area (Å²) in [7, 11) is 1.69. The number of hydrogen-bond acceptors (Lipinski definition) is 5. The zero-order valence-corrected chi connectivity index (χ0v) is 17.1. The first-order valence-electron chi connectivity index (χ1n) is 9.88. The lowest BCUT2D eigenvalue weighted by Crippen LogP contribution is -2.53. The predicted molar refractivity (Wildman–Crippen MR) is 101 cm³/mol. The summed E-state index contributed by atoms with van der Waals surface area (Å²) in [4.78, 5) is 11.4. The van der Waals surface area contributed by atoms with Gasteiger partial charge in [-0.05, 0) is 51.9 Å². The molecular weight excluding hydrogens is 332 g/mol. The van der Waals surface area contributed by atoms with E-state index in [0.29, 0.717) is 12.5 Å². The van der Waals surface area contributed by atoms with Crippen LogP contribution >= 0.6 is 0 Å². The van der Waals surface area contributed by atoms with Gasteiger partial charge in [-0.2, -0.15) is 0 Å². The predicted octanol–water partition coefficient (Wildman–Crippen LogP) is 4.39. The second-order valence-electron chi connectivity index (χ2n) is 8.37. The number of carbonyl (C=O) groups is 1. The van der Waals surface area contributed by atoms with Gasteiger partial charge in [-0.1, -0.05) is 18.9 Å². The highest BCUT2D eigenvalue weighted by molar-refractivity contribution is 5.66. The average Bonchev–Trinajstić information content (AvgIpc) is 2.97. The molecule has 5 heteroatoms. The Labute approximate surface area is 158 Å². The van der Waals surface area contributed by atoms with E-state index in [1.54, 1.807) is 7.11 Å². The Kier molecular flexibility index (Phi) is 7.28. The molecular formula is C21H36O5. The van der Waals surface area contributed by atoms with Gasteiger partial charge in [0, 0.05) is 20.5 Å². The highest BCUT2D eigenvalue weighted by Gasteiger charge is 2.53. The second-order valence-corrected chi connectivity index (χ2v) is 8.37. The molecule has 0 saturated carbocycles. The van der Waals surface area contributed by atoms with Gasteiger partial charge in [-0.15, -0.1) is 6.58 Å². The molecule has 0 aromatic carbocycles. The van der Waals surface area contributed by atoms with Crippen LogP contribution in [0.4, 0.5) is 0 Å². The number of esters is 1. The van der Waals surface area contributed by atoms with Crippen molar-refractivity contribution < 1.29 is 23.7 Å². The highest BCUT2D eigenvalue weighted by atomic mass is 16.7. The number of rotatable bonds is 10. The molecule has 0 spiro atoms. The van der Waals surface area contributed by atoms with Gasteiger partial charge >= 0.3 is 5.97 Å². The lowest BCUT2D eigenvalue weighted by atomic mass is 9.87. The third-order valence-electron chi connectivity index (χ3n) is 5.96. The molecule has 0 radical (unpaired) electrons. The minimum absolute atomic E-state index is 0.0480. The van der Waals surface area contributed by atoms with E-state index in [9.17, 15) is 4.79 Å². The third kappa shape index (κ3) is 5.30. The molecule has 0 aromatic heterocycles. The van der Waals surface area contributed by atoms with Crippen LogP contribution in [0, 0.1) is 5.92 Å². The van der Waals surface area contributed by atoms with Gasteiger partial charge in [0.05, 0.1) is 11.7 Å². The number of hydrogen-bond donors (Lipinski definition) is 0. The van der Waals surface area contributed by atoms with E-state index in [1.165, 1.54) is 6.92 Å². The van der Waals surface area contributed by atoms with Crippen LogP contribution in [0.25, 0.3) is 0 Å². The molecule has 2 aliphatic rings. The van der Waals surface area contributed by atoms with Crippen molar-refractivity contribution in [3.63, 3.8) is 0 Å². The summed E-state index contributed by atoms with van der Waals surface area (Å²) in [6, 6.07) is 0. The van der Waals surface area contributed by atoms with Crippen LogP contribution in [0.3, 0.4) is 0 Å². The highest BCUT2D eigenvalue weighted by Crippen LogP contribution is 2.45. The van der Waals surface area contributed by atoms with E-state index in [4.69, 9.17) is 18.9 Å². The Morgan fingerprint density at radius 3 is 2.69 bits per heavy atom. The summed E-state index contributed by atoms with van der Waals surface area (Å²) in [6.07, 6.45) is 6.60. The molecule has 2 rings (SSSR count). The van der Waals surface area contributed by atoms with E-state index >= 15 is 0 Å². The maximum absolute atomic E-state index is 11.4. The number of carbonyl (C=O) groups excluding carboxylic acids is 1. The third-order valence-corrected chi connectivity index (χ3v) is 5.96. The molecule has 0 amide bonds. The van der Waals surface area contributed by atoms with Gasteiger partial charge in [0.25, 0.3) is 0 Å². The lowest BCUT2D eigenvalue weighted by molar-refractivity contribution is -0.320.